The van der Waals surface area contributed by atoms with E-state index in [-0.39, 0.29) is 35.2 Å². The van der Waals surface area contributed by atoms with E-state index >= 15 is 0 Å². The zero-order valence-corrected chi connectivity index (χ0v) is 16.0. The highest BCUT2D eigenvalue weighted by Crippen LogP contribution is 2.27. The minimum atomic E-state index is -3.59. The van der Waals surface area contributed by atoms with Crippen molar-refractivity contribution in [2.75, 3.05) is 13.1 Å². The Morgan fingerprint density at radius 2 is 1.67 bits per heavy atom. The third-order valence-electron chi connectivity index (χ3n) is 5.56. The number of nitrogens with zero attached hydrogens (tertiary/aromatic N) is 1. The van der Waals surface area contributed by atoms with Gasteiger partial charge in [0.05, 0.1) is 16.7 Å². The lowest BCUT2D eigenvalue weighted by molar-refractivity contribution is -0.142. The number of hydrogen-bond donors (Lipinski definition) is 2. The molecule has 1 amide bonds. The molecule has 7 nitrogen and oxygen atoms in total. The molecule has 0 bridgehead atoms. The summed E-state index contributed by atoms with van der Waals surface area (Å²) in [7, 11) is -3.59. The van der Waals surface area contributed by atoms with Crippen LogP contribution in [0.4, 0.5) is 0 Å². The largest absolute Gasteiger partial charge is 0.481 e. The van der Waals surface area contributed by atoms with Gasteiger partial charge in [-0.1, -0.05) is 18.2 Å². The van der Waals surface area contributed by atoms with Crippen LogP contribution in [0.1, 0.15) is 38.5 Å². The molecule has 8 heteroatoms. The Kier molecular flexibility index (Phi) is 6.16. The number of carboxylic acid groups (broad SMARTS) is 1. The van der Waals surface area contributed by atoms with Crippen molar-refractivity contribution in [1.82, 2.24) is 9.62 Å². The molecule has 1 saturated carbocycles. The molecule has 1 aliphatic heterocycles. The summed E-state index contributed by atoms with van der Waals surface area (Å²) in [5, 5.41) is 12.1. The Labute approximate surface area is 159 Å². The van der Waals surface area contributed by atoms with Gasteiger partial charge in [-0.25, -0.2) is 8.42 Å². The van der Waals surface area contributed by atoms with Crippen LogP contribution < -0.4 is 5.32 Å². The van der Waals surface area contributed by atoms with E-state index in [1.807, 2.05) is 0 Å². The molecule has 0 spiro atoms. The fourth-order valence-corrected chi connectivity index (χ4v) is 5.46. The van der Waals surface area contributed by atoms with E-state index in [0.717, 1.165) is 0 Å². The van der Waals surface area contributed by atoms with E-state index in [1.165, 1.54) is 4.31 Å². The Bertz CT molecular complexity index is 773. The van der Waals surface area contributed by atoms with Crippen LogP contribution in [-0.2, 0) is 19.6 Å². The molecular formula is C19H26N2O5S. The van der Waals surface area contributed by atoms with Crippen molar-refractivity contribution in [3.8, 4) is 0 Å². The molecular weight excluding hydrogens is 368 g/mol. The molecule has 1 aliphatic carbocycles. The normalized spacial score (nSPS) is 27.0. The number of carbonyl (C=O) groups excluding carboxylic acids is 1. The van der Waals surface area contributed by atoms with Gasteiger partial charge in [-0.05, 0) is 50.7 Å². The van der Waals surface area contributed by atoms with E-state index in [1.54, 1.807) is 30.3 Å². The summed E-state index contributed by atoms with van der Waals surface area (Å²) in [5.74, 6) is -1.58. The summed E-state index contributed by atoms with van der Waals surface area (Å²) in [4.78, 5) is 23.9. The molecule has 27 heavy (non-hydrogen) atoms. The van der Waals surface area contributed by atoms with Crippen molar-refractivity contribution >= 4 is 21.9 Å². The Morgan fingerprint density at radius 3 is 2.30 bits per heavy atom. The number of benzene rings is 1. The van der Waals surface area contributed by atoms with E-state index in [4.69, 9.17) is 5.11 Å². The van der Waals surface area contributed by atoms with E-state index < -0.39 is 16.0 Å². The lowest BCUT2D eigenvalue weighted by atomic mass is 9.85. The van der Waals surface area contributed by atoms with Crippen LogP contribution in [0.15, 0.2) is 35.2 Å². The number of piperidine rings is 1. The fraction of sp³-hybridized carbons (Fsp3) is 0.579. The number of amides is 1. The highest BCUT2D eigenvalue weighted by atomic mass is 32.2. The van der Waals surface area contributed by atoms with Crippen LogP contribution in [0.5, 0.6) is 0 Å². The smallest absolute Gasteiger partial charge is 0.306 e. The SMILES string of the molecule is O=C(O)C1CCC(NC(=O)C2CCCN(S(=O)(=O)c3ccccc3)C2)CC1. The monoisotopic (exact) mass is 394 g/mol. The maximum Gasteiger partial charge on any atom is 0.306 e. The van der Waals surface area contributed by atoms with Crippen LogP contribution in [0.25, 0.3) is 0 Å². The summed E-state index contributed by atoms with van der Waals surface area (Å²) in [6, 6.07) is 8.27. The first-order valence-electron chi connectivity index (χ1n) is 9.46. The summed E-state index contributed by atoms with van der Waals surface area (Å²) in [5.41, 5.74) is 0. The van der Waals surface area contributed by atoms with Crippen molar-refractivity contribution < 1.29 is 23.1 Å². The van der Waals surface area contributed by atoms with Gasteiger partial charge >= 0.3 is 5.97 Å². The van der Waals surface area contributed by atoms with Gasteiger partial charge < -0.3 is 10.4 Å². The molecule has 1 saturated heterocycles. The van der Waals surface area contributed by atoms with Gasteiger partial charge in [0, 0.05) is 19.1 Å². The van der Waals surface area contributed by atoms with Gasteiger partial charge in [-0.3, -0.25) is 9.59 Å². The van der Waals surface area contributed by atoms with Crippen LogP contribution in [0.3, 0.4) is 0 Å². The van der Waals surface area contributed by atoms with Crippen LogP contribution in [0, 0.1) is 11.8 Å². The van der Waals surface area contributed by atoms with Gasteiger partial charge in [0.2, 0.25) is 15.9 Å². The number of hydrogen-bond acceptors (Lipinski definition) is 4. The molecule has 1 aromatic rings. The van der Waals surface area contributed by atoms with Crippen molar-refractivity contribution in [2.45, 2.75) is 49.5 Å². The van der Waals surface area contributed by atoms with Crippen LogP contribution >= 0.6 is 0 Å². The quantitative estimate of drug-likeness (QED) is 0.793. The number of nitrogens with one attached hydrogen (secondary N) is 1. The third-order valence-corrected chi connectivity index (χ3v) is 7.44. The van der Waals surface area contributed by atoms with Crippen molar-refractivity contribution in [3.63, 3.8) is 0 Å². The molecule has 1 atom stereocenters. The van der Waals surface area contributed by atoms with Crippen molar-refractivity contribution in [3.05, 3.63) is 30.3 Å². The second-order valence-electron chi connectivity index (χ2n) is 7.41. The van der Waals surface area contributed by atoms with E-state index in [2.05, 4.69) is 5.32 Å². The first-order chi connectivity index (χ1) is 12.9. The Balaban J connectivity index is 1.58. The zero-order chi connectivity index (χ0) is 19.4. The molecule has 2 aliphatic rings. The molecule has 2 fully saturated rings. The molecule has 0 radical (unpaired) electrons. The second kappa shape index (κ2) is 8.39. The Hall–Kier alpha value is -1.93. The maximum atomic E-state index is 12.8. The predicted octanol–water partition coefficient (Wildman–Crippen LogP) is 1.85. The summed E-state index contributed by atoms with van der Waals surface area (Å²) in [6.45, 7) is 0.609. The van der Waals surface area contributed by atoms with E-state index in [0.29, 0.717) is 45.1 Å². The molecule has 1 unspecified atom stereocenters. The Morgan fingerprint density at radius 1 is 1.00 bits per heavy atom. The number of carboxylic acids is 1. The number of aliphatic carboxylic acids is 1. The lowest BCUT2D eigenvalue weighted by Crippen LogP contribution is -2.48. The lowest BCUT2D eigenvalue weighted by Gasteiger charge is -2.33. The highest BCUT2D eigenvalue weighted by Gasteiger charge is 2.34. The summed E-state index contributed by atoms with van der Waals surface area (Å²) < 4.78 is 27.0. The molecule has 2 N–H and O–H groups in total. The minimum absolute atomic E-state index is 0.0193. The molecule has 1 heterocycles. The number of rotatable bonds is 5. The van der Waals surface area contributed by atoms with Gasteiger partial charge in [0.25, 0.3) is 0 Å². The van der Waals surface area contributed by atoms with Crippen molar-refractivity contribution in [2.24, 2.45) is 11.8 Å². The predicted molar refractivity (Wildman–Crippen MR) is 99.4 cm³/mol. The standard InChI is InChI=1S/C19H26N2O5S/c22-18(20-16-10-8-14(9-11-16)19(23)24)15-5-4-12-21(13-15)27(25,26)17-6-2-1-3-7-17/h1-3,6-7,14-16H,4-5,8-13H2,(H,20,22)(H,23,24). The zero-order valence-electron chi connectivity index (χ0n) is 15.2. The van der Waals surface area contributed by atoms with E-state index in [9.17, 15) is 18.0 Å². The molecule has 0 aromatic heterocycles. The van der Waals surface area contributed by atoms with Gasteiger partial charge in [-0.15, -0.1) is 0 Å². The van der Waals surface area contributed by atoms with Crippen LogP contribution in [0.2, 0.25) is 0 Å². The fourth-order valence-electron chi connectivity index (χ4n) is 3.92. The molecule has 3 rings (SSSR count). The first kappa shape index (κ1) is 19.8. The maximum absolute atomic E-state index is 12.8. The van der Waals surface area contributed by atoms with Crippen LogP contribution in [-0.4, -0.2) is 48.8 Å². The van der Waals surface area contributed by atoms with Gasteiger partial charge in [0.1, 0.15) is 0 Å². The topological polar surface area (TPSA) is 104 Å². The molecule has 1 aromatic carbocycles. The summed E-state index contributed by atoms with van der Waals surface area (Å²) >= 11 is 0. The van der Waals surface area contributed by atoms with Gasteiger partial charge in [-0.2, -0.15) is 4.31 Å². The van der Waals surface area contributed by atoms with Gasteiger partial charge in [0.15, 0.2) is 0 Å². The molecule has 148 valence electrons. The average molecular weight is 394 g/mol. The second-order valence-corrected chi connectivity index (χ2v) is 9.35. The summed E-state index contributed by atoms with van der Waals surface area (Å²) in [6.07, 6.45) is 3.76. The van der Waals surface area contributed by atoms with Crippen molar-refractivity contribution in [1.29, 1.82) is 0 Å². The first-order valence-corrected chi connectivity index (χ1v) is 10.9. The number of sulfonamides is 1. The highest BCUT2D eigenvalue weighted by molar-refractivity contribution is 7.89. The average Bonchev–Trinajstić information content (AvgIpc) is 2.69. The third kappa shape index (κ3) is 4.68. The minimum Gasteiger partial charge on any atom is -0.481 e. The number of carbonyl (C=O) groups is 2.